The summed E-state index contributed by atoms with van der Waals surface area (Å²) in [7, 11) is 0. The summed E-state index contributed by atoms with van der Waals surface area (Å²) in [5.74, 6) is 1.16. The van der Waals surface area contributed by atoms with Gasteiger partial charge in [-0.1, -0.05) is 30.3 Å². The van der Waals surface area contributed by atoms with E-state index in [9.17, 15) is 4.79 Å². The zero-order chi connectivity index (χ0) is 13.2. The molecule has 2 N–H and O–H groups in total. The van der Waals surface area contributed by atoms with Gasteiger partial charge in [-0.3, -0.25) is 9.69 Å². The molecule has 1 aromatic carbocycles. The minimum absolute atomic E-state index is 0.262. The van der Waals surface area contributed by atoms with E-state index in [0.29, 0.717) is 24.3 Å². The molecule has 3 heteroatoms. The van der Waals surface area contributed by atoms with Crippen LogP contribution in [-0.4, -0.2) is 36.4 Å². The number of benzene rings is 1. The number of Topliss-reactive ketones (excluding diaryl/α,β-unsaturated/α-hetero) is 1. The first-order valence-electron chi connectivity index (χ1n) is 7.29. The van der Waals surface area contributed by atoms with Crippen LogP contribution in [0.15, 0.2) is 30.3 Å². The molecule has 0 bridgehead atoms. The average molecular weight is 258 g/mol. The van der Waals surface area contributed by atoms with Crippen LogP contribution in [0.5, 0.6) is 0 Å². The first-order chi connectivity index (χ1) is 9.24. The highest BCUT2D eigenvalue weighted by molar-refractivity contribution is 5.86. The number of carbonyl (C=O) groups excluding carboxylic acids is 1. The van der Waals surface area contributed by atoms with Crippen molar-refractivity contribution >= 4 is 5.78 Å². The lowest BCUT2D eigenvalue weighted by Crippen LogP contribution is -2.42. The summed E-state index contributed by atoms with van der Waals surface area (Å²) in [4.78, 5) is 14.5. The quantitative estimate of drug-likeness (QED) is 0.895. The molecule has 0 radical (unpaired) electrons. The van der Waals surface area contributed by atoms with E-state index >= 15 is 0 Å². The number of likely N-dealkylation sites (tertiary alicyclic amines) is 1. The Morgan fingerprint density at radius 1 is 1.21 bits per heavy atom. The Balaban J connectivity index is 1.50. The van der Waals surface area contributed by atoms with Crippen LogP contribution in [0.4, 0.5) is 0 Å². The maximum atomic E-state index is 12.3. The van der Waals surface area contributed by atoms with Crippen LogP contribution in [0.1, 0.15) is 30.7 Å². The van der Waals surface area contributed by atoms with E-state index in [1.807, 2.05) is 6.07 Å². The molecule has 0 aromatic heterocycles. The number of rotatable bonds is 4. The Kier molecular flexibility index (Phi) is 3.67. The maximum absolute atomic E-state index is 12.3. The van der Waals surface area contributed by atoms with Gasteiger partial charge in [0.15, 0.2) is 5.78 Å². The van der Waals surface area contributed by atoms with Gasteiger partial charge in [-0.15, -0.1) is 0 Å². The van der Waals surface area contributed by atoms with Crippen molar-refractivity contribution in [1.82, 2.24) is 4.90 Å². The number of carbonyl (C=O) groups is 1. The van der Waals surface area contributed by atoms with E-state index in [1.165, 1.54) is 5.56 Å². The highest BCUT2D eigenvalue weighted by atomic mass is 16.1. The van der Waals surface area contributed by atoms with E-state index in [-0.39, 0.29) is 5.92 Å². The van der Waals surface area contributed by atoms with Crippen molar-refractivity contribution in [2.45, 2.75) is 31.2 Å². The third-order valence-corrected chi connectivity index (χ3v) is 4.44. The van der Waals surface area contributed by atoms with Gasteiger partial charge in [0, 0.05) is 25.0 Å². The average Bonchev–Trinajstić information content (AvgIpc) is 3.23. The molecule has 2 atom stereocenters. The Morgan fingerprint density at radius 3 is 2.58 bits per heavy atom. The smallest absolute Gasteiger partial charge is 0.150 e. The summed E-state index contributed by atoms with van der Waals surface area (Å²) >= 11 is 0. The lowest BCUT2D eigenvalue weighted by Gasteiger charge is -2.29. The normalized spacial score (nSPS) is 28.3. The molecular weight excluding hydrogens is 236 g/mol. The number of ketones is 1. The molecule has 3 rings (SSSR count). The van der Waals surface area contributed by atoms with Crippen LogP contribution in [0.25, 0.3) is 0 Å². The molecule has 3 nitrogen and oxygen atoms in total. The zero-order valence-electron chi connectivity index (χ0n) is 11.3. The monoisotopic (exact) mass is 258 g/mol. The van der Waals surface area contributed by atoms with E-state index in [2.05, 4.69) is 29.2 Å². The molecule has 19 heavy (non-hydrogen) atoms. The van der Waals surface area contributed by atoms with Crippen molar-refractivity contribution in [2.24, 2.45) is 11.7 Å². The Morgan fingerprint density at radius 2 is 1.89 bits per heavy atom. The summed E-state index contributed by atoms with van der Waals surface area (Å²) in [6.45, 7) is 2.59. The van der Waals surface area contributed by atoms with Crippen LogP contribution in [0.2, 0.25) is 0 Å². The predicted molar refractivity (Wildman–Crippen MR) is 75.9 cm³/mol. The van der Waals surface area contributed by atoms with Gasteiger partial charge < -0.3 is 5.73 Å². The largest absolute Gasteiger partial charge is 0.328 e. The molecule has 2 unspecified atom stereocenters. The Labute approximate surface area is 114 Å². The number of hydrogen-bond acceptors (Lipinski definition) is 3. The number of piperidine rings is 1. The number of nitrogens with two attached hydrogens (primary N) is 1. The van der Waals surface area contributed by atoms with Gasteiger partial charge >= 0.3 is 0 Å². The van der Waals surface area contributed by atoms with Crippen molar-refractivity contribution in [3.05, 3.63) is 35.9 Å². The lowest BCUT2D eigenvalue weighted by atomic mass is 10.0. The highest BCUT2D eigenvalue weighted by Crippen LogP contribution is 2.47. The van der Waals surface area contributed by atoms with Gasteiger partial charge in [0.1, 0.15) is 0 Å². The summed E-state index contributed by atoms with van der Waals surface area (Å²) in [6.07, 6.45) is 3.09. The molecular formula is C16H22N2O. The predicted octanol–water partition coefficient (Wildman–Crippen LogP) is 1.78. The van der Waals surface area contributed by atoms with E-state index in [0.717, 1.165) is 32.4 Å². The van der Waals surface area contributed by atoms with Gasteiger partial charge in [0.05, 0.1) is 6.54 Å². The van der Waals surface area contributed by atoms with Crippen molar-refractivity contribution in [1.29, 1.82) is 0 Å². The van der Waals surface area contributed by atoms with Crippen LogP contribution in [-0.2, 0) is 4.79 Å². The minimum atomic E-state index is 0.262. The van der Waals surface area contributed by atoms with Crippen molar-refractivity contribution in [3.63, 3.8) is 0 Å². The van der Waals surface area contributed by atoms with Crippen LogP contribution in [0, 0.1) is 5.92 Å². The summed E-state index contributed by atoms with van der Waals surface area (Å²) < 4.78 is 0. The van der Waals surface area contributed by atoms with Crippen molar-refractivity contribution in [2.75, 3.05) is 19.6 Å². The van der Waals surface area contributed by atoms with E-state index in [1.54, 1.807) is 0 Å². The topological polar surface area (TPSA) is 46.3 Å². The van der Waals surface area contributed by atoms with Crippen LogP contribution in [0.3, 0.4) is 0 Å². The number of hydrogen-bond donors (Lipinski definition) is 1. The Hall–Kier alpha value is -1.19. The summed E-state index contributed by atoms with van der Waals surface area (Å²) in [5.41, 5.74) is 7.21. The number of nitrogens with zero attached hydrogens (tertiary/aromatic N) is 1. The third-order valence-electron chi connectivity index (χ3n) is 4.44. The second-order valence-corrected chi connectivity index (χ2v) is 5.94. The molecule has 1 saturated heterocycles. The minimum Gasteiger partial charge on any atom is -0.328 e. The van der Waals surface area contributed by atoms with Crippen LogP contribution >= 0.6 is 0 Å². The molecule has 1 saturated carbocycles. The fourth-order valence-electron chi connectivity index (χ4n) is 3.07. The van der Waals surface area contributed by atoms with Crippen molar-refractivity contribution in [3.8, 4) is 0 Å². The molecule has 102 valence electrons. The van der Waals surface area contributed by atoms with Crippen molar-refractivity contribution < 1.29 is 4.79 Å². The second-order valence-electron chi connectivity index (χ2n) is 5.94. The lowest BCUT2D eigenvalue weighted by molar-refractivity contribution is -0.121. The first-order valence-corrected chi connectivity index (χ1v) is 7.29. The first kappa shape index (κ1) is 12.8. The molecule has 1 aliphatic heterocycles. The molecule has 2 fully saturated rings. The standard InChI is InChI=1S/C16H22N2O/c17-13-6-8-18(9-7-13)11-16(19)15-10-14(15)12-4-2-1-3-5-12/h1-5,13-15H,6-11,17H2. The maximum Gasteiger partial charge on any atom is 0.150 e. The highest BCUT2D eigenvalue weighted by Gasteiger charge is 2.43. The van der Waals surface area contributed by atoms with Gasteiger partial charge in [0.2, 0.25) is 0 Å². The summed E-state index contributed by atoms with van der Waals surface area (Å²) in [5, 5.41) is 0. The van der Waals surface area contributed by atoms with Gasteiger partial charge in [-0.25, -0.2) is 0 Å². The SMILES string of the molecule is NC1CCN(CC(=O)C2CC2c2ccccc2)CC1. The fraction of sp³-hybridized carbons (Fsp3) is 0.562. The van der Waals surface area contributed by atoms with Gasteiger partial charge in [-0.2, -0.15) is 0 Å². The Bertz CT molecular complexity index is 437. The van der Waals surface area contributed by atoms with Gasteiger partial charge in [0.25, 0.3) is 0 Å². The second kappa shape index (κ2) is 5.43. The zero-order valence-corrected chi connectivity index (χ0v) is 11.3. The van der Waals surface area contributed by atoms with E-state index < -0.39 is 0 Å². The molecule has 0 amide bonds. The molecule has 1 aliphatic carbocycles. The molecule has 2 aliphatic rings. The third kappa shape index (κ3) is 3.04. The fourth-order valence-corrected chi connectivity index (χ4v) is 3.07. The summed E-state index contributed by atoms with van der Waals surface area (Å²) in [6, 6.07) is 10.8. The molecule has 1 aromatic rings. The van der Waals surface area contributed by atoms with Gasteiger partial charge in [-0.05, 0) is 30.7 Å². The van der Waals surface area contributed by atoms with E-state index in [4.69, 9.17) is 5.73 Å². The molecule has 0 spiro atoms. The molecule has 1 heterocycles. The van der Waals surface area contributed by atoms with Crippen LogP contribution < -0.4 is 5.73 Å².